The molecule has 0 aliphatic rings. The molecule has 0 amide bonds. The zero-order valence-corrected chi connectivity index (χ0v) is 28.6. The molecule has 0 aliphatic carbocycles. The summed E-state index contributed by atoms with van der Waals surface area (Å²) in [6, 6.07) is 72.9. The third-order valence-electron chi connectivity index (χ3n) is 8.90. The summed E-state index contributed by atoms with van der Waals surface area (Å²) in [6.07, 6.45) is 0. The van der Waals surface area contributed by atoms with E-state index in [1.54, 1.807) is 0 Å². The molecule has 0 atom stereocenters. The predicted octanol–water partition coefficient (Wildman–Crippen LogP) is 9.66. The lowest BCUT2D eigenvalue weighted by Crippen LogP contribution is -2.47. The van der Waals surface area contributed by atoms with E-state index in [4.69, 9.17) is 0 Å². The summed E-state index contributed by atoms with van der Waals surface area (Å²) >= 11 is 0. The van der Waals surface area contributed by atoms with E-state index in [-0.39, 0.29) is 0 Å². The lowest BCUT2D eigenvalue weighted by Gasteiger charge is -2.31. The first-order valence-electron chi connectivity index (χ1n) is 16.5. The molecule has 0 nitrogen and oxygen atoms in total. The van der Waals surface area contributed by atoms with Crippen molar-refractivity contribution in [2.45, 2.75) is 36.3 Å². The maximum atomic E-state index is 4.33. The largest absolute Gasteiger partial charge is 0.150 e. The van der Waals surface area contributed by atoms with Crippen LogP contribution in [0.4, 0.5) is 0 Å². The van der Waals surface area contributed by atoms with Crippen molar-refractivity contribution < 1.29 is 0 Å². The van der Waals surface area contributed by atoms with Crippen LogP contribution in [0.15, 0.2) is 182 Å². The van der Waals surface area contributed by atoms with Gasteiger partial charge in [-0.3, -0.25) is 0 Å². The first-order valence-corrected chi connectivity index (χ1v) is 21.7. The molecular weight excluding hydrogens is 585 g/mol. The van der Waals surface area contributed by atoms with Gasteiger partial charge in [-0.1, -0.05) is 182 Å². The molecule has 0 saturated carbocycles. The molecule has 0 fully saturated rings. The van der Waals surface area contributed by atoms with Crippen LogP contribution in [-0.4, -0.2) is 16.1 Å². The minimum atomic E-state index is -2.31. The number of hydrogen-bond acceptors (Lipinski definition) is 0. The summed E-state index contributed by atoms with van der Waals surface area (Å²) in [5.74, 6) is 0. The van der Waals surface area contributed by atoms with Crippen LogP contribution in [-0.2, 0) is 36.3 Å². The standard InChI is InChI=1S/C44H42Si2/c1-7-19-39(20-8-1)33-45(34-40-21-9-2-10-22-40,35-41-23-11-3-12-24-41)31-32-46(36-42-25-13-4-14-26-42,37-43-27-15-5-16-28-43)38-44-29-17-6-18-30-44/h1-30H,33-38H2. The van der Waals surface area contributed by atoms with Gasteiger partial charge in [0, 0.05) is 0 Å². The molecule has 0 saturated heterocycles. The highest BCUT2D eigenvalue weighted by Crippen LogP contribution is 2.26. The molecule has 6 rings (SSSR count). The van der Waals surface area contributed by atoms with Crippen molar-refractivity contribution >= 4 is 16.1 Å². The highest BCUT2D eigenvalue weighted by molar-refractivity contribution is 6.91. The number of rotatable bonds is 12. The monoisotopic (exact) mass is 626 g/mol. The van der Waals surface area contributed by atoms with Crippen molar-refractivity contribution in [3.8, 4) is 11.1 Å². The maximum absolute atomic E-state index is 4.33. The van der Waals surface area contributed by atoms with Gasteiger partial charge in [-0.25, -0.2) is 0 Å². The lowest BCUT2D eigenvalue weighted by atomic mass is 10.2. The molecular formula is C44H42Si2. The summed E-state index contributed by atoms with van der Waals surface area (Å²) in [6.45, 7) is 0. The van der Waals surface area contributed by atoms with Gasteiger partial charge in [-0.2, -0.15) is 0 Å². The van der Waals surface area contributed by atoms with Gasteiger partial charge in [-0.05, 0) is 69.6 Å². The van der Waals surface area contributed by atoms with E-state index in [0.29, 0.717) is 0 Å². The van der Waals surface area contributed by atoms with E-state index < -0.39 is 16.1 Å². The summed E-state index contributed by atoms with van der Waals surface area (Å²) in [5.41, 5.74) is 17.1. The molecule has 2 heteroatoms. The molecule has 6 aromatic rings. The van der Waals surface area contributed by atoms with Crippen LogP contribution in [0.5, 0.6) is 0 Å². The first kappa shape index (κ1) is 31.3. The van der Waals surface area contributed by atoms with Crippen molar-refractivity contribution in [2.75, 3.05) is 0 Å². The Morgan fingerprint density at radius 1 is 0.239 bits per heavy atom. The average Bonchev–Trinajstić information content (AvgIpc) is 3.10. The fourth-order valence-corrected chi connectivity index (χ4v) is 16.3. The minimum absolute atomic E-state index is 1.04. The normalized spacial score (nSPS) is 11.4. The second-order valence-corrected chi connectivity index (χ2v) is 20.5. The van der Waals surface area contributed by atoms with Crippen molar-refractivity contribution in [3.63, 3.8) is 0 Å². The fourth-order valence-electron chi connectivity index (χ4n) is 6.82. The third kappa shape index (κ3) is 8.95. The van der Waals surface area contributed by atoms with Gasteiger partial charge in [0.15, 0.2) is 16.1 Å². The van der Waals surface area contributed by atoms with Crippen molar-refractivity contribution in [1.29, 1.82) is 0 Å². The molecule has 0 spiro atoms. The molecule has 6 aromatic carbocycles. The zero-order valence-electron chi connectivity index (χ0n) is 26.6. The Hall–Kier alpha value is -4.69. The molecule has 0 unspecified atom stereocenters. The van der Waals surface area contributed by atoms with Crippen molar-refractivity contribution in [3.05, 3.63) is 215 Å². The van der Waals surface area contributed by atoms with Crippen LogP contribution < -0.4 is 0 Å². The molecule has 0 aromatic heterocycles. The SMILES string of the molecule is C(#C[Si](Cc1ccccc1)(Cc1ccccc1)Cc1ccccc1)[Si](Cc1ccccc1)(Cc1ccccc1)Cc1ccccc1. The van der Waals surface area contributed by atoms with Crippen LogP contribution in [0.2, 0.25) is 0 Å². The van der Waals surface area contributed by atoms with E-state index in [9.17, 15) is 0 Å². The molecule has 0 aliphatic heterocycles. The van der Waals surface area contributed by atoms with Crippen LogP contribution in [0.25, 0.3) is 0 Å². The topological polar surface area (TPSA) is 0 Å². The second kappa shape index (κ2) is 15.5. The molecule has 0 radical (unpaired) electrons. The van der Waals surface area contributed by atoms with Gasteiger partial charge in [0.05, 0.1) is 0 Å². The minimum Gasteiger partial charge on any atom is -0.137 e. The lowest BCUT2D eigenvalue weighted by molar-refractivity contribution is 1.15. The number of benzene rings is 6. The fraction of sp³-hybridized carbons (Fsp3) is 0.136. The first-order chi connectivity index (χ1) is 22.7. The van der Waals surface area contributed by atoms with Crippen LogP contribution in [0.1, 0.15) is 33.4 Å². The third-order valence-corrected chi connectivity index (χ3v) is 17.0. The number of hydrogen-bond donors (Lipinski definition) is 0. The molecule has 46 heavy (non-hydrogen) atoms. The Morgan fingerprint density at radius 2 is 0.391 bits per heavy atom. The summed E-state index contributed by atoms with van der Waals surface area (Å²) < 4.78 is 0. The maximum Gasteiger partial charge on any atom is 0.150 e. The van der Waals surface area contributed by atoms with E-state index in [1.165, 1.54) is 33.4 Å². The highest BCUT2D eigenvalue weighted by Gasteiger charge is 2.37. The zero-order chi connectivity index (χ0) is 31.3. The Kier molecular flexibility index (Phi) is 10.6. The van der Waals surface area contributed by atoms with Crippen LogP contribution in [0.3, 0.4) is 0 Å². The van der Waals surface area contributed by atoms with E-state index in [0.717, 1.165) is 36.3 Å². The van der Waals surface area contributed by atoms with E-state index >= 15 is 0 Å². The average molecular weight is 627 g/mol. The van der Waals surface area contributed by atoms with E-state index in [1.807, 2.05) is 0 Å². The van der Waals surface area contributed by atoms with Gasteiger partial charge in [0.1, 0.15) is 0 Å². The molecule has 0 heterocycles. The van der Waals surface area contributed by atoms with Gasteiger partial charge >= 0.3 is 0 Å². The van der Waals surface area contributed by atoms with Gasteiger partial charge < -0.3 is 0 Å². The Balaban J connectivity index is 1.54. The predicted molar refractivity (Wildman–Crippen MR) is 200 cm³/mol. The highest BCUT2D eigenvalue weighted by atomic mass is 28.3. The Morgan fingerprint density at radius 3 is 0.543 bits per heavy atom. The van der Waals surface area contributed by atoms with Gasteiger partial charge in [0.2, 0.25) is 0 Å². The second-order valence-electron chi connectivity index (χ2n) is 12.8. The smallest absolute Gasteiger partial charge is 0.137 e. The van der Waals surface area contributed by atoms with Crippen LogP contribution in [0, 0.1) is 11.1 Å². The van der Waals surface area contributed by atoms with Gasteiger partial charge in [-0.15, -0.1) is 11.1 Å². The van der Waals surface area contributed by atoms with E-state index in [2.05, 4.69) is 193 Å². The van der Waals surface area contributed by atoms with Crippen molar-refractivity contribution in [2.24, 2.45) is 0 Å². The van der Waals surface area contributed by atoms with Gasteiger partial charge in [0.25, 0.3) is 0 Å². The molecule has 0 bridgehead atoms. The summed E-state index contributed by atoms with van der Waals surface area (Å²) in [5, 5.41) is 0. The summed E-state index contributed by atoms with van der Waals surface area (Å²) in [7, 11) is -4.61. The van der Waals surface area contributed by atoms with Crippen LogP contribution >= 0.6 is 0 Å². The Labute approximate surface area is 277 Å². The quantitative estimate of drug-likeness (QED) is 0.0937. The Bertz CT molecular complexity index is 1470. The molecule has 0 N–H and O–H groups in total. The molecule has 226 valence electrons. The summed E-state index contributed by atoms with van der Waals surface area (Å²) in [4.78, 5) is 0. The van der Waals surface area contributed by atoms with Crippen molar-refractivity contribution in [1.82, 2.24) is 0 Å².